The summed E-state index contributed by atoms with van der Waals surface area (Å²) in [6, 6.07) is 0. The lowest BCUT2D eigenvalue weighted by molar-refractivity contribution is -0.151. The number of nitrogens with zero attached hydrogens (tertiary/aromatic N) is 3. The van der Waals surface area contributed by atoms with Crippen molar-refractivity contribution in [2.24, 2.45) is 5.41 Å². The van der Waals surface area contributed by atoms with Gasteiger partial charge in [-0.1, -0.05) is 6.08 Å². The minimum atomic E-state index is -0.900. The van der Waals surface area contributed by atoms with Gasteiger partial charge in [-0.05, 0) is 38.5 Å². The van der Waals surface area contributed by atoms with Crippen LogP contribution < -0.4 is 0 Å². The van der Waals surface area contributed by atoms with Gasteiger partial charge in [-0.25, -0.2) is 0 Å². The van der Waals surface area contributed by atoms with Gasteiger partial charge in [0.05, 0.1) is 22.9 Å². The third kappa shape index (κ3) is 2.78. The van der Waals surface area contributed by atoms with E-state index in [-0.39, 0.29) is 12.5 Å². The zero-order valence-corrected chi connectivity index (χ0v) is 13.3. The number of carbonyl (C=O) groups is 2. The van der Waals surface area contributed by atoms with Gasteiger partial charge in [0.1, 0.15) is 0 Å². The Morgan fingerprint density at radius 1 is 1.35 bits per heavy atom. The van der Waals surface area contributed by atoms with E-state index < -0.39 is 11.4 Å². The number of allylic oxidation sites excluding steroid dienone is 1. The van der Waals surface area contributed by atoms with Crippen molar-refractivity contribution in [1.82, 2.24) is 14.7 Å². The first-order valence-electron chi connectivity index (χ1n) is 8.26. The molecule has 0 saturated carbocycles. The highest BCUT2D eigenvalue weighted by Gasteiger charge is 2.43. The van der Waals surface area contributed by atoms with Crippen LogP contribution in [-0.4, -0.2) is 44.8 Å². The molecule has 0 aliphatic carbocycles. The van der Waals surface area contributed by atoms with Crippen molar-refractivity contribution in [2.45, 2.75) is 45.1 Å². The van der Waals surface area contributed by atoms with Crippen molar-refractivity contribution in [1.29, 1.82) is 0 Å². The maximum absolute atomic E-state index is 12.9. The molecule has 6 heteroatoms. The van der Waals surface area contributed by atoms with Crippen molar-refractivity contribution < 1.29 is 14.7 Å². The zero-order chi connectivity index (χ0) is 16.4. The molecular weight excluding hydrogens is 294 g/mol. The van der Waals surface area contributed by atoms with E-state index in [0.29, 0.717) is 31.4 Å². The van der Waals surface area contributed by atoms with Gasteiger partial charge in [0, 0.05) is 19.6 Å². The lowest BCUT2D eigenvalue weighted by Gasteiger charge is -2.39. The van der Waals surface area contributed by atoms with Crippen molar-refractivity contribution in [2.75, 3.05) is 13.1 Å². The maximum atomic E-state index is 12.9. The third-order valence-electron chi connectivity index (χ3n) is 5.07. The summed E-state index contributed by atoms with van der Waals surface area (Å²) >= 11 is 0. The molecule has 1 atom stereocenters. The molecule has 0 aromatic carbocycles. The van der Waals surface area contributed by atoms with E-state index in [1.54, 1.807) is 17.2 Å². The molecule has 1 fully saturated rings. The van der Waals surface area contributed by atoms with Crippen LogP contribution in [0.15, 0.2) is 18.9 Å². The van der Waals surface area contributed by atoms with Crippen LogP contribution in [0, 0.1) is 5.41 Å². The fourth-order valence-electron chi connectivity index (χ4n) is 3.78. The SMILES string of the molecule is C=CC[C@]1(C(=O)O)CCCN(C(=O)c2cnn3c2CCCC3)C1. The predicted molar refractivity (Wildman–Crippen MR) is 85.2 cm³/mol. The van der Waals surface area contributed by atoms with Crippen molar-refractivity contribution in [3.05, 3.63) is 30.1 Å². The van der Waals surface area contributed by atoms with Crippen LogP contribution in [0.1, 0.15) is 48.2 Å². The van der Waals surface area contributed by atoms with Crippen molar-refractivity contribution in [3.63, 3.8) is 0 Å². The summed E-state index contributed by atoms with van der Waals surface area (Å²) in [7, 11) is 0. The number of aromatic nitrogens is 2. The second-order valence-corrected chi connectivity index (χ2v) is 6.59. The standard InChI is InChI=1S/C17H23N3O3/c1-2-7-17(16(22)23)8-5-9-19(12-17)15(21)13-11-18-20-10-4-3-6-14(13)20/h2,11H,1,3-10,12H2,(H,22,23)/t17-/m0/s1. The summed E-state index contributed by atoms with van der Waals surface area (Å²) in [5.74, 6) is -0.922. The molecule has 0 bridgehead atoms. The van der Waals surface area contributed by atoms with Crippen LogP contribution >= 0.6 is 0 Å². The van der Waals surface area contributed by atoms with Crippen LogP contribution in [0.25, 0.3) is 0 Å². The molecule has 1 aromatic rings. The molecule has 6 nitrogen and oxygen atoms in total. The number of aryl methyl sites for hydroxylation is 1. The predicted octanol–water partition coefficient (Wildman–Crippen LogP) is 2.10. The van der Waals surface area contributed by atoms with E-state index in [1.807, 2.05) is 4.68 Å². The third-order valence-corrected chi connectivity index (χ3v) is 5.07. The maximum Gasteiger partial charge on any atom is 0.311 e. The Labute approximate surface area is 135 Å². The largest absolute Gasteiger partial charge is 0.481 e. The Morgan fingerprint density at radius 3 is 2.91 bits per heavy atom. The second kappa shape index (κ2) is 6.18. The van der Waals surface area contributed by atoms with Crippen LogP contribution in [0.5, 0.6) is 0 Å². The smallest absolute Gasteiger partial charge is 0.311 e. The fraction of sp³-hybridized carbons (Fsp3) is 0.588. The number of rotatable bonds is 4. The van der Waals surface area contributed by atoms with E-state index in [1.165, 1.54) is 0 Å². The molecule has 2 aliphatic rings. The van der Waals surface area contributed by atoms with E-state index in [4.69, 9.17) is 0 Å². The van der Waals surface area contributed by atoms with E-state index in [0.717, 1.165) is 31.5 Å². The monoisotopic (exact) mass is 317 g/mol. The first-order valence-corrected chi connectivity index (χ1v) is 8.26. The number of likely N-dealkylation sites (tertiary alicyclic amines) is 1. The van der Waals surface area contributed by atoms with Gasteiger partial charge in [-0.3, -0.25) is 14.3 Å². The molecule has 23 heavy (non-hydrogen) atoms. The van der Waals surface area contributed by atoms with E-state index in [2.05, 4.69) is 11.7 Å². The Bertz CT molecular complexity index is 637. The number of fused-ring (bicyclic) bond motifs is 1. The number of carboxylic acids is 1. The molecule has 0 radical (unpaired) electrons. The first kappa shape index (κ1) is 15.8. The van der Waals surface area contributed by atoms with Crippen molar-refractivity contribution >= 4 is 11.9 Å². The Hall–Kier alpha value is -2.11. The van der Waals surface area contributed by atoms with Crippen LogP contribution in [-0.2, 0) is 17.8 Å². The zero-order valence-electron chi connectivity index (χ0n) is 13.3. The topological polar surface area (TPSA) is 75.4 Å². The fourth-order valence-corrected chi connectivity index (χ4v) is 3.78. The highest BCUT2D eigenvalue weighted by atomic mass is 16.4. The average molecular weight is 317 g/mol. The van der Waals surface area contributed by atoms with Gasteiger partial charge in [0.25, 0.3) is 5.91 Å². The molecule has 1 saturated heterocycles. The highest BCUT2D eigenvalue weighted by molar-refractivity contribution is 5.95. The summed E-state index contributed by atoms with van der Waals surface area (Å²) in [6.45, 7) is 5.39. The number of hydrogen-bond donors (Lipinski definition) is 1. The van der Waals surface area contributed by atoms with Gasteiger partial charge in [0.15, 0.2) is 0 Å². The molecule has 2 aliphatic heterocycles. The first-order chi connectivity index (χ1) is 11.1. The number of aliphatic carboxylic acids is 1. The van der Waals surface area contributed by atoms with Gasteiger partial charge in [-0.2, -0.15) is 5.10 Å². The van der Waals surface area contributed by atoms with E-state index >= 15 is 0 Å². The lowest BCUT2D eigenvalue weighted by Crippen LogP contribution is -2.49. The Balaban J connectivity index is 1.83. The number of hydrogen-bond acceptors (Lipinski definition) is 3. The quantitative estimate of drug-likeness (QED) is 0.863. The van der Waals surface area contributed by atoms with Gasteiger partial charge in [-0.15, -0.1) is 6.58 Å². The number of carbonyl (C=O) groups excluding carboxylic acids is 1. The number of carboxylic acid groups (broad SMARTS) is 1. The highest BCUT2D eigenvalue weighted by Crippen LogP contribution is 2.35. The molecule has 1 N–H and O–H groups in total. The summed E-state index contributed by atoms with van der Waals surface area (Å²) in [6.07, 6.45) is 8.00. The summed E-state index contributed by atoms with van der Waals surface area (Å²) in [4.78, 5) is 26.3. The summed E-state index contributed by atoms with van der Waals surface area (Å²) in [5, 5.41) is 14.0. The Kier molecular flexibility index (Phi) is 4.24. The molecule has 0 unspecified atom stereocenters. The lowest BCUT2D eigenvalue weighted by atomic mass is 9.77. The molecule has 0 spiro atoms. The van der Waals surface area contributed by atoms with Gasteiger partial charge in [0.2, 0.25) is 0 Å². The second-order valence-electron chi connectivity index (χ2n) is 6.59. The molecule has 3 rings (SSSR count). The molecule has 1 aromatic heterocycles. The number of amides is 1. The molecule has 1 amide bonds. The summed E-state index contributed by atoms with van der Waals surface area (Å²) in [5.41, 5.74) is 0.740. The summed E-state index contributed by atoms with van der Waals surface area (Å²) < 4.78 is 1.91. The minimum absolute atomic E-state index is 0.0810. The van der Waals surface area contributed by atoms with Crippen molar-refractivity contribution in [3.8, 4) is 0 Å². The van der Waals surface area contributed by atoms with E-state index in [9.17, 15) is 14.7 Å². The normalized spacial score (nSPS) is 24.1. The van der Waals surface area contributed by atoms with Gasteiger partial charge < -0.3 is 10.0 Å². The van der Waals surface area contributed by atoms with Crippen LogP contribution in [0.2, 0.25) is 0 Å². The number of piperidine rings is 1. The average Bonchev–Trinajstić information content (AvgIpc) is 2.98. The van der Waals surface area contributed by atoms with Crippen LogP contribution in [0.4, 0.5) is 0 Å². The molecular formula is C17H23N3O3. The molecule has 124 valence electrons. The molecule has 3 heterocycles. The minimum Gasteiger partial charge on any atom is -0.481 e. The van der Waals surface area contributed by atoms with Crippen LogP contribution in [0.3, 0.4) is 0 Å². The van der Waals surface area contributed by atoms with Gasteiger partial charge >= 0.3 is 5.97 Å². The Morgan fingerprint density at radius 2 is 2.17 bits per heavy atom.